The van der Waals surface area contributed by atoms with Crippen molar-refractivity contribution in [2.24, 2.45) is 5.92 Å². The first-order chi connectivity index (χ1) is 24.3. The average Bonchev–Trinajstić information content (AvgIpc) is 3.64. The van der Waals surface area contributed by atoms with E-state index >= 15 is 4.39 Å². The van der Waals surface area contributed by atoms with Crippen molar-refractivity contribution in [3.05, 3.63) is 21.9 Å². The normalized spacial score (nSPS) is 41.7. The van der Waals surface area contributed by atoms with E-state index < -0.39 is 42.2 Å². The summed E-state index contributed by atoms with van der Waals surface area (Å²) in [6.45, 7) is 8.09. The summed E-state index contributed by atoms with van der Waals surface area (Å²) >= 11 is 0. The number of nitrogens with zero attached hydrogens (tertiary/aromatic N) is 4. The van der Waals surface area contributed by atoms with Crippen molar-refractivity contribution in [3.63, 3.8) is 0 Å². The van der Waals surface area contributed by atoms with Crippen molar-refractivity contribution in [1.82, 2.24) is 30.7 Å². The van der Waals surface area contributed by atoms with Crippen LogP contribution in [0.1, 0.15) is 57.8 Å². The third kappa shape index (κ3) is 6.95. The van der Waals surface area contributed by atoms with Crippen LogP contribution in [0.4, 0.5) is 4.39 Å². The monoisotopic (exact) mass is 703 g/mol. The summed E-state index contributed by atoms with van der Waals surface area (Å²) in [5.74, 6) is -1.41. The third-order valence-corrected chi connectivity index (χ3v) is 12.9. The number of halogens is 1. The van der Waals surface area contributed by atoms with E-state index in [9.17, 15) is 19.7 Å². The maximum atomic E-state index is 16.3. The molecule has 5 aliphatic heterocycles. The van der Waals surface area contributed by atoms with Crippen LogP contribution in [-0.4, -0.2) is 164 Å². The Morgan fingerprint density at radius 3 is 2.54 bits per heavy atom. The Balaban J connectivity index is 1.01. The predicted octanol–water partition coefficient (Wildman–Crippen LogP) is 0.227. The first kappa shape index (κ1) is 34.8. The summed E-state index contributed by atoms with van der Waals surface area (Å²) in [7, 11) is 0. The molecule has 14 nitrogen and oxygen atoms in total. The fourth-order valence-corrected chi connectivity index (χ4v) is 10.3. The zero-order valence-electron chi connectivity index (χ0n) is 29.0. The number of nitro groups is 1. The molecule has 15 heteroatoms. The fourth-order valence-electron chi connectivity index (χ4n) is 10.3. The molecule has 278 valence electrons. The number of carbonyl (C=O) groups is 2. The van der Waals surface area contributed by atoms with Crippen LogP contribution in [0.2, 0.25) is 0 Å². The number of hydrogen-bond donors (Lipinski definition) is 3. The van der Waals surface area contributed by atoms with Crippen LogP contribution in [0.25, 0.3) is 0 Å². The average molecular weight is 704 g/mol. The van der Waals surface area contributed by atoms with Gasteiger partial charge in [-0.15, -0.1) is 0 Å². The van der Waals surface area contributed by atoms with Crippen LogP contribution in [-0.2, 0) is 23.8 Å². The van der Waals surface area contributed by atoms with Gasteiger partial charge in [-0.2, -0.15) is 0 Å². The quantitative estimate of drug-likeness (QED) is 0.124. The minimum Gasteiger partial charge on any atom is -0.379 e. The lowest BCUT2D eigenvalue weighted by Crippen LogP contribution is -2.75. The Morgan fingerprint density at radius 2 is 1.74 bits per heavy atom. The van der Waals surface area contributed by atoms with E-state index in [1.807, 2.05) is 0 Å². The van der Waals surface area contributed by atoms with Crippen LogP contribution in [0.3, 0.4) is 0 Å². The van der Waals surface area contributed by atoms with Gasteiger partial charge in [0.05, 0.1) is 61.3 Å². The summed E-state index contributed by atoms with van der Waals surface area (Å²) in [5, 5.41) is 21.9. The van der Waals surface area contributed by atoms with E-state index in [0.717, 1.165) is 45.7 Å². The van der Waals surface area contributed by atoms with Crippen molar-refractivity contribution >= 4 is 11.7 Å². The number of ether oxygens (including phenoxy) is 3. The molecular weight excluding hydrogens is 649 g/mol. The number of nitrogens with one attached hydrogen (secondary N) is 3. The molecule has 12 atom stereocenters. The molecule has 0 aromatic heterocycles. The van der Waals surface area contributed by atoms with Gasteiger partial charge in [0.15, 0.2) is 5.78 Å². The number of carbonyl (C=O) groups excluding carboxylic acids is 2. The molecule has 50 heavy (non-hydrogen) atoms. The fraction of sp³-hybridized carbons (Fsp3) is 0.886. The number of rotatable bonds is 10. The molecule has 5 heterocycles. The Labute approximate surface area is 293 Å². The maximum Gasteiger partial charge on any atom is 0.256 e. The molecule has 0 aromatic carbocycles. The molecule has 3 N–H and O–H groups in total. The number of amides is 1. The second kappa shape index (κ2) is 15.0. The van der Waals surface area contributed by atoms with Gasteiger partial charge < -0.3 is 40.0 Å². The molecule has 0 aromatic rings. The SMILES string of the molecule is O=C(NCCCN1CCOCC1)C1=CN2C3CC4OC5CC([N+](=O)[O-])CCC5NC4CC3OC3C(NCCN4CCCC4)C(F)CC(C1=O)C32. The summed E-state index contributed by atoms with van der Waals surface area (Å²) in [6.07, 6.45) is 5.27. The molecule has 4 saturated heterocycles. The predicted molar refractivity (Wildman–Crippen MR) is 180 cm³/mol. The Kier molecular flexibility index (Phi) is 10.4. The van der Waals surface area contributed by atoms with Gasteiger partial charge in [-0.25, -0.2) is 4.39 Å². The molecular formula is C35H54FN7O7. The Morgan fingerprint density at radius 1 is 0.960 bits per heavy atom. The highest BCUT2D eigenvalue weighted by Gasteiger charge is 2.60. The largest absolute Gasteiger partial charge is 0.379 e. The highest BCUT2D eigenvalue weighted by atomic mass is 19.1. The van der Waals surface area contributed by atoms with Crippen LogP contribution in [0, 0.1) is 16.0 Å². The van der Waals surface area contributed by atoms with Gasteiger partial charge in [0.1, 0.15) is 6.17 Å². The Bertz CT molecular complexity index is 1300. The lowest BCUT2D eigenvalue weighted by Gasteiger charge is -2.61. The molecule has 0 spiro atoms. The summed E-state index contributed by atoms with van der Waals surface area (Å²) in [4.78, 5) is 46.0. The molecule has 7 fully saturated rings. The standard InChI is InChI=1S/C35H54FN7O7/c36-24-17-22-32-34(31(24)37-7-11-40-8-1-2-9-40)50-30-18-26-29(49-28-16-21(43(46)47)4-5-25(28)39-26)19-27(30)42(32)20-23(33(22)44)35(45)38-6-3-10-41-12-14-48-15-13-41/h20-22,24-32,34,37,39H,1-19H2,(H,38,45). The van der Waals surface area contributed by atoms with Crippen molar-refractivity contribution in [1.29, 1.82) is 0 Å². The number of likely N-dealkylation sites (tertiary alicyclic amines) is 1. The number of morpholine rings is 3. The van der Waals surface area contributed by atoms with Crippen LogP contribution < -0.4 is 16.0 Å². The molecule has 3 saturated carbocycles. The van der Waals surface area contributed by atoms with E-state index in [1.165, 1.54) is 12.8 Å². The molecule has 1 amide bonds. The van der Waals surface area contributed by atoms with E-state index in [4.69, 9.17) is 14.2 Å². The summed E-state index contributed by atoms with van der Waals surface area (Å²) < 4.78 is 35.2. The van der Waals surface area contributed by atoms with Crippen molar-refractivity contribution < 1.29 is 33.1 Å². The molecule has 8 aliphatic rings. The molecule has 12 unspecified atom stereocenters. The highest BCUT2D eigenvalue weighted by Crippen LogP contribution is 2.47. The lowest BCUT2D eigenvalue weighted by molar-refractivity contribution is -0.529. The van der Waals surface area contributed by atoms with Gasteiger partial charge in [0.2, 0.25) is 6.04 Å². The van der Waals surface area contributed by atoms with Crippen LogP contribution >= 0.6 is 0 Å². The van der Waals surface area contributed by atoms with E-state index in [1.54, 1.807) is 6.20 Å². The second-order valence-electron chi connectivity index (χ2n) is 15.8. The van der Waals surface area contributed by atoms with Gasteiger partial charge >= 0.3 is 0 Å². The first-order valence-electron chi connectivity index (χ1n) is 19.3. The van der Waals surface area contributed by atoms with Crippen LogP contribution in [0.5, 0.6) is 0 Å². The maximum absolute atomic E-state index is 16.3. The highest BCUT2D eigenvalue weighted by molar-refractivity contribution is 6.20. The van der Waals surface area contributed by atoms with Crippen molar-refractivity contribution in [2.75, 3.05) is 65.6 Å². The van der Waals surface area contributed by atoms with Crippen LogP contribution in [0.15, 0.2) is 11.8 Å². The van der Waals surface area contributed by atoms with E-state index in [-0.39, 0.29) is 59.1 Å². The molecule has 0 bridgehead atoms. The van der Waals surface area contributed by atoms with Gasteiger partial charge in [-0.1, -0.05) is 0 Å². The van der Waals surface area contributed by atoms with E-state index in [2.05, 4.69) is 30.7 Å². The van der Waals surface area contributed by atoms with Crippen molar-refractivity contribution in [2.45, 2.75) is 125 Å². The number of Topliss-reactive ketones (excluding diaryl/α,β-unsaturated/α-hetero) is 1. The molecule has 3 aliphatic carbocycles. The minimum absolute atomic E-state index is 0.00739. The second-order valence-corrected chi connectivity index (χ2v) is 15.8. The number of ketones is 1. The lowest BCUT2D eigenvalue weighted by atomic mass is 9.69. The first-order valence-corrected chi connectivity index (χ1v) is 19.3. The number of alkyl halides is 1. The minimum atomic E-state index is -1.29. The number of hydrogen-bond acceptors (Lipinski definition) is 12. The van der Waals surface area contributed by atoms with Gasteiger partial charge in [-0.05, 0) is 64.6 Å². The number of fused-ring (bicyclic) bond motifs is 4. The van der Waals surface area contributed by atoms with Gasteiger partial charge in [0, 0.05) is 74.7 Å². The molecule has 8 rings (SSSR count). The van der Waals surface area contributed by atoms with E-state index in [0.29, 0.717) is 58.4 Å². The zero-order chi connectivity index (χ0) is 34.4. The topological polar surface area (TPSA) is 151 Å². The molecule has 0 radical (unpaired) electrons. The van der Waals surface area contributed by atoms with Gasteiger partial charge in [-0.3, -0.25) is 24.6 Å². The van der Waals surface area contributed by atoms with Crippen molar-refractivity contribution in [3.8, 4) is 0 Å². The Hall–Kier alpha value is -2.27. The van der Waals surface area contributed by atoms with Gasteiger partial charge in [0.25, 0.3) is 5.91 Å². The zero-order valence-corrected chi connectivity index (χ0v) is 29.0. The summed E-state index contributed by atoms with van der Waals surface area (Å²) in [6, 6.07) is -1.66. The smallest absolute Gasteiger partial charge is 0.256 e. The summed E-state index contributed by atoms with van der Waals surface area (Å²) in [5.41, 5.74) is 0.0932. The third-order valence-electron chi connectivity index (χ3n) is 12.9.